The van der Waals surface area contributed by atoms with Crippen molar-refractivity contribution in [1.29, 1.82) is 0 Å². The van der Waals surface area contributed by atoms with Gasteiger partial charge in [0.25, 0.3) is 0 Å². The molecule has 98 valence electrons. The Morgan fingerprint density at radius 1 is 1.21 bits per heavy atom. The molecule has 1 N–H and O–H groups in total. The van der Waals surface area contributed by atoms with Crippen LogP contribution in [0, 0.1) is 17.5 Å². The Morgan fingerprint density at radius 3 is 2.42 bits per heavy atom. The molecule has 0 unspecified atom stereocenters. The molecule has 0 saturated heterocycles. The molecule has 0 aliphatic rings. The Bertz CT molecular complexity index is 676. The Morgan fingerprint density at radius 2 is 1.89 bits per heavy atom. The molecule has 2 rings (SSSR count). The van der Waals surface area contributed by atoms with E-state index in [-0.39, 0.29) is 18.1 Å². The van der Waals surface area contributed by atoms with Crippen LogP contribution in [-0.2, 0) is 0 Å². The highest BCUT2D eigenvalue weighted by molar-refractivity contribution is 5.90. The smallest absolute Gasteiger partial charge is 0.338 e. The van der Waals surface area contributed by atoms with Crippen molar-refractivity contribution >= 4 is 12.3 Å². The molecule has 0 saturated carbocycles. The van der Waals surface area contributed by atoms with Gasteiger partial charge in [0.2, 0.25) is 0 Å². The summed E-state index contributed by atoms with van der Waals surface area (Å²) in [5, 5.41) is 8.69. The fourth-order valence-electron chi connectivity index (χ4n) is 1.53. The van der Waals surface area contributed by atoms with Gasteiger partial charge in [-0.1, -0.05) is 0 Å². The molecular formula is C12H5F3O4. The summed E-state index contributed by atoms with van der Waals surface area (Å²) in [4.78, 5) is 21.1. The first-order valence-corrected chi connectivity index (χ1v) is 4.92. The Kier molecular flexibility index (Phi) is 3.12. The van der Waals surface area contributed by atoms with Gasteiger partial charge in [0.15, 0.2) is 29.5 Å². The highest BCUT2D eigenvalue weighted by Crippen LogP contribution is 2.31. The van der Waals surface area contributed by atoms with Crippen molar-refractivity contribution < 1.29 is 32.3 Å². The lowest BCUT2D eigenvalue weighted by Crippen LogP contribution is -2.06. The lowest BCUT2D eigenvalue weighted by molar-refractivity contribution is 0.0691. The third-order valence-electron chi connectivity index (χ3n) is 2.38. The molecule has 1 aromatic carbocycles. The molecule has 0 aliphatic carbocycles. The monoisotopic (exact) mass is 270 g/mol. The quantitative estimate of drug-likeness (QED) is 0.687. The Hall–Kier alpha value is -2.57. The van der Waals surface area contributed by atoms with Gasteiger partial charge in [-0.2, -0.15) is 0 Å². The van der Waals surface area contributed by atoms with Crippen molar-refractivity contribution in [3.8, 4) is 11.3 Å². The van der Waals surface area contributed by atoms with Gasteiger partial charge in [-0.15, -0.1) is 0 Å². The average Bonchev–Trinajstić information content (AvgIpc) is 2.82. The molecule has 19 heavy (non-hydrogen) atoms. The molecule has 0 fully saturated rings. The van der Waals surface area contributed by atoms with E-state index in [0.717, 1.165) is 12.1 Å². The van der Waals surface area contributed by atoms with Crippen LogP contribution in [0.25, 0.3) is 11.3 Å². The van der Waals surface area contributed by atoms with E-state index in [2.05, 4.69) is 0 Å². The number of halogens is 3. The summed E-state index contributed by atoms with van der Waals surface area (Å²) in [6.45, 7) is 0. The minimum Gasteiger partial charge on any atom is -0.478 e. The van der Waals surface area contributed by atoms with E-state index in [4.69, 9.17) is 9.52 Å². The van der Waals surface area contributed by atoms with E-state index in [1.54, 1.807) is 0 Å². The summed E-state index contributed by atoms with van der Waals surface area (Å²) < 4.78 is 45.4. The molecule has 1 heterocycles. The molecule has 2 aromatic rings. The maximum atomic E-state index is 13.8. The number of furan rings is 1. The molecule has 0 bridgehead atoms. The van der Waals surface area contributed by atoms with Crippen molar-refractivity contribution in [2.24, 2.45) is 0 Å². The van der Waals surface area contributed by atoms with Gasteiger partial charge < -0.3 is 9.52 Å². The zero-order valence-corrected chi connectivity index (χ0v) is 9.12. The second-order valence-corrected chi connectivity index (χ2v) is 3.53. The van der Waals surface area contributed by atoms with Crippen molar-refractivity contribution in [2.45, 2.75) is 0 Å². The van der Waals surface area contributed by atoms with Crippen molar-refractivity contribution in [3.05, 3.63) is 47.0 Å². The van der Waals surface area contributed by atoms with E-state index >= 15 is 0 Å². The third kappa shape index (κ3) is 2.10. The first kappa shape index (κ1) is 12.9. The van der Waals surface area contributed by atoms with Crippen LogP contribution in [0.15, 0.2) is 22.6 Å². The van der Waals surface area contributed by atoms with E-state index < -0.39 is 40.3 Å². The standard InChI is InChI=1S/C12H5F3O4/c13-7-3-6(12(17)18)10(14)9(11(7)15)8-2-1-5(4-16)19-8/h1-4H,(H,17,18). The largest absolute Gasteiger partial charge is 0.478 e. The second-order valence-electron chi connectivity index (χ2n) is 3.53. The summed E-state index contributed by atoms with van der Waals surface area (Å²) in [5.74, 6) is -7.04. The number of carboxylic acid groups (broad SMARTS) is 1. The SMILES string of the molecule is O=Cc1ccc(-c2c(F)c(F)cc(C(=O)O)c2F)o1. The highest BCUT2D eigenvalue weighted by atomic mass is 19.2. The van der Waals surface area contributed by atoms with Crippen LogP contribution in [0.4, 0.5) is 13.2 Å². The first-order valence-electron chi connectivity index (χ1n) is 4.92. The Labute approximate surface area is 104 Å². The number of carboxylic acids is 1. The normalized spacial score (nSPS) is 10.5. The van der Waals surface area contributed by atoms with E-state index in [9.17, 15) is 22.8 Å². The number of hydrogen-bond acceptors (Lipinski definition) is 3. The zero-order valence-electron chi connectivity index (χ0n) is 9.12. The lowest BCUT2D eigenvalue weighted by atomic mass is 10.1. The van der Waals surface area contributed by atoms with Crippen LogP contribution >= 0.6 is 0 Å². The van der Waals surface area contributed by atoms with Crippen LogP contribution < -0.4 is 0 Å². The summed E-state index contributed by atoms with van der Waals surface area (Å²) in [7, 11) is 0. The fourth-order valence-corrected chi connectivity index (χ4v) is 1.53. The fraction of sp³-hybridized carbons (Fsp3) is 0. The van der Waals surface area contributed by atoms with E-state index in [1.807, 2.05) is 0 Å². The first-order chi connectivity index (χ1) is 8.95. The molecule has 7 heteroatoms. The summed E-state index contributed by atoms with van der Waals surface area (Å²) in [5.41, 5.74) is -2.00. The number of carbonyl (C=O) groups excluding carboxylic acids is 1. The topological polar surface area (TPSA) is 67.5 Å². The molecule has 0 radical (unpaired) electrons. The molecule has 0 amide bonds. The molecule has 0 aliphatic heterocycles. The van der Waals surface area contributed by atoms with Gasteiger partial charge in [-0.05, 0) is 18.2 Å². The second kappa shape index (κ2) is 4.60. The number of aldehydes is 1. The number of carbonyl (C=O) groups is 2. The third-order valence-corrected chi connectivity index (χ3v) is 2.38. The molecule has 1 aromatic heterocycles. The van der Waals surface area contributed by atoms with Crippen molar-refractivity contribution in [1.82, 2.24) is 0 Å². The van der Waals surface area contributed by atoms with Crippen molar-refractivity contribution in [3.63, 3.8) is 0 Å². The van der Waals surface area contributed by atoms with Gasteiger partial charge in [0, 0.05) is 0 Å². The number of benzene rings is 1. The summed E-state index contributed by atoms with van der Waals surface area (Å²) in [6, 6.07) is 2.39. The van der Waals surface area contributed by atoms with Gasteiger partial charge in [0.05, 0.1) is 11.1 Å². The summed E-state index contributed by atoms with van der Waals surface area (Å²) in [6.07, 6.45) is 0.288. The van der Waals surface area contributed by atoms with E-state index in [0.29, 0.717) is 0 Å². The molecule has 4 nitrogen and oxygen atoms in total. The van der Waals surface area contributed by atoms with Gasteiger partial charge in [-0.25, -0.2) is 18.0 Å². The van der Waals surface area contributed by atoms with Gasteiger partial charge in [0.1, 0.15) is 5.76 Å². The van der Waals surface area contributed by atoms with Crippen LogP contribution in [0.1, 0.15) is 20.9 Å². The number of hydrogen-bond donors (Lipinski definition) is 1. The maximum Gasteiger partial charge on any atom is 0.338 e. The number of aromatic carboxylic acids is 1. The minimum absolute atomic E-state index is 0.227. The van der Waals surface area contributed by atoms with Gasteiger partial charge >= 0.3 is 5.97 Å². The van der Waals surface area contributed by atoms with Crippen LogP contribution in [0.3, 0.4) is 0 Å². The van der Waals surface area contributed by atoms with Crippen LogP contribution in [0.5, 0.6) is 0 Å². The van der Waals surface area contributed by atoms with Gasteiger partial charge in [-0.3, -0.25) is 4.79 Å². The Balaban J connectivity index is 2.74. The van der Waals surface area contributed by atoms with Crippen molar-refractivity contribution in [2.75, 3.05) is 0 Å². The summed E-state index contributed by atoms with van der Waals surface area (Å²) >= 11 is 0. The lowest BCUT2D eigenvalue weighted by Gasteiger charge is -2.06. The molecule has 0 spiro atoms. The predicted molar refractivity (Wildman–Crippen MR) is 56.4 cm³/mol. The maximum absolute atomic E-state index is 13.8. The number of rotatable bonds is 3. The average molecular weight is 270 g/mol. The van der Waals surface area contributed by atoms with E-state index in [1.165, 1.54) is 0 Å². The van der Waals surface area contributed by atoms with Crippen LogP contribution in [0.2, 0.25) is 0 Å². The molecular weight excluding hydrogens is 265 g/mol. The van der Waals surface area contributed by atoms with Crippen LogP contribution in [-0.4, -0.2) is 17.4 Å². The molecule has 0 atom stereocenters. The zero-order chi connectivity index (χ0) is 14.2. The highest BCUT2D eigenvalue weighted by Gasteiger charge is 2.25. The minimum atomic E-state index is -1.75. The predicted octanol–water partition coefficient (Wildman–Crippen LogP) is 2.87.